The molecule has 1 aliphatic rings. The van der Waals surface area contributed by atoms with Crippen LogP contribution in [0.15, 0.2) is 11.4 Å². The van der Waals surface area contributed by atoms with Gasteiger partial charge >= 0.3 is 17.8 Å². The first-order chi connectivity index (χ1) is 8.49. The fraction of sp³-hybridized carbons (Fsp3) is 0.556. The molecule has 1 saturated heterocycles. The van der Waals surface area contributed by atoms with Crippen molar-refractivity contribution >= 4 is 12.1 Å². The maximum atomic E-state index is 11.2. The topological polar surface area (TPSA) is 117 Å². The molecule has 0 aromatic rings. The lowest BCUT2D eigenvalue weighted by Crippen LogP contribution is -2.29. The van der Waals surface area contributed by atoms with Crippen molar-refractivity contribution in [1.29, 1.82) is 0 Å². The van der Waals surface area contributed by atoms with Gasteiger partial charge in [0.05, 0.1) is 19.1 Å². The van der Waals surface area contributed by atoms with E-state index in [2.05, 4.69) is 14.8 Å². The van der Waals surface area contributed by atoms with Crippen molar-refractivity contribution in [2.24, 2.45) is 0 Å². The van der Waals surface area contributed by atoms with Gasteiger partial charge in [0.25, 0.3) is 0 Å². The Morgan fingerprint density at radius 3 is 2.56 bits per heavy atom. The van der Waals surface area contributed by atoms with Crippen LogP contribution in [0, 0.1) is 10.1 Å². The molecule has 0 aromatic heterocycles. The highest BCUT2D eigenvalue weighted by atomic mass is 16.7. The zero-order valence-corrected chi connectivity index (χ0v) is 9.80. The summed E-state index contributed by atoms with van der Waals surface area (Å²) in [6.07, 6.45) is -1.16. The van der Waals surface area contributed by atoms with Gasteiger partial charge in [-0.15, -0.1) is 0 Å². The monoisotopic (exact) mass is 260 g/mol. The molecule has 0 saturated carbocycles. The Morgan fingerprint density at radius 2 is 2.06 bits per heavy atom. The van der Waals surface area contributed by atoms with Gasteiger partial charge in [0.2, 0.25) is 0 Å². The van der Waals surface area contributed by atoms with Crippen LogP contribution in [0.4, 0.5) is 4.79 Å². The molecule has 0 radical (unpaired) electrons. The van der Waals surface area contributed by atoms with Gasteiger partial charge in [-0.2, -0.15) is 0 Å². The highest BCUT2D eigenvalue weighted by molar-refractivity contribution is 5.86. The van der Waals surface area contributed by atoms with Crippen LogP contribution in [-0.2, 0) is 19.0 Å². The number of carbonyl (C=O) groups excluding carboxylic acids is 2. The molecule has 0 spiro atoms. The number of esters is 1. The van der Waals surface area contributed by atoms with Crippen molar-refractivity contribution in [1.82, 2.24) is 5.32 Å². The summed E-state index contributed by atoms with van der Waals surface area (Å²) >= 11 is 0. The molecule has 18 heavy (non-hydrogen) atoms. The van der Waals surface area contributed by atoms with Gasteiger partial charge < -0.3 is 19.5 Å². The number of hydrogen-bond acceptors (Lipinski definition) is 8. The predicted octanol–water partition coefficient (Wildman–Crippen LogP) is 0.140. The van der Waals surface area contributed by atoms with Crippen LogP contribution in [0.25, 0.3) is 0 Å². The molecule has 1 rings (SSSR count). The SMILES string of the molecule is COC(=O)OC1CC/C(=C(/C(=O)OC)[N+](=O)[O-])N1. The number of rotatable bonds is 3. The van der Waals surface area contributed by atoms with E-state index in [4.69, 9.17) is 4.74 Å². The van der Waals surface area contributed by atoms with Crippen LogP contribution in [0.3, 0.4) is 0 Å². The van der Waals surface area contributed by atoms with Crippen LogP contribution in [0.5, 0.6) is 0 Å². The molecule has 1 fully saturated rings. The van der Waals surface area contributed by atoms with Crippen LogP contribution < -0.4 is 5.32 Å². The summed E-state index contributed by atoms with van der Waals surface area (Å²) in [6.45, 7) is 0. The van der Waals surface area contributed by atoms with E-state index in [9.17, 15) is 19.7 Å². The van der Waals surface area contributed by atoms with Gasteiger partial charge in [-0.1, -0.05) is 0 Å². The summed E-state index contributed by atoms with van der Waals surface area (Å²) in [5.74, 6) is -1.05. The number of methoxy groups -OCH3 is 2. The number of allylic oxidation sites excluding steroid dienone is 1. The lowest BCUT2D eigenvalue weighted by molar-refractivity contribution is -0.422. The summed E-state index contributed by atoms with van der Waals surface area (Å²) < 4.78 is 13.3. The molecule has 9 heteroatoms. The normalized spacial score (nSPS) is 20.7. The minimum absolute atomic E-state index is 0.0701. The van der Waals surface area contributed by atoms with E-state index in [0.29, 0.717) is 6.42 Å². The molecule has 1 aliphatic heterocycles. The van der Waals surface area contributed by atoms with Crippen molar-refractivity contribution in [3.63, 3.8) is 0 Å². The van der Waals surface area contributed by atoms with Crippen LogP contribution in [0.2, 0.25) is 0 Å². The predicted molar refractivity (Wildman–Crippen MR) is 55.7 cm³/mol. The number of carbonyl (C=O) groups is 2. The second kappa shape index (κ2) is 5.84. The van der Waals surface area contributed by atoms with Crippen LogP contribution >= 0.6 is 0 Å². The summed E-state index contributed by atoms with van der Waals surface area (Å²) in [7, 11) is 2.19. The lowest BCUT2D eigenvalue weighted by atomic mass is 10.2. The first-order valence-corrected chi connectivity index (χ1v) is 4.96. The minimum Gasteiger partial charge on any atom is -0.461 e. The quantitative estimate of drug-likeness (QED) is 0.329. The standard InChI is InChI=1S/C9H12N2O7/c1-16-8(12)7(11(14)15)5-3-4-6(10-5)18-9(13)17-2/h6,10H,3-4H2,1-2H3/b7-5+. The van der Waals surface area contributed by atoms with Crippen molar-refractivity contribution in [3.8, 4) is 0 Å². The first-order valence-electron chi connectivity index (χ1n) is 4.96. The largest absolute Gasteiger partial charge is 0.509 e. The van der Waals surface area contributed by atoms with Gasteiger partial charge in [-0.25, -0.2) is 9.59 Å². The van der Waals surface area contributed by atoms with Gasteiger partial charge in [-0.05, 0) is 6.42 Å². The highest BCUT2D eigenvalue weighted by Gasteiger charge is 2.34. The number of hydrogen-bond donors (Lipinski definition) is 1. The zero-order chi connectivity index (χ0) is 13.7. The maximum Gasteiger partial charge on any atom is 0.509 e. The molecule has 1 heterocycles. The molecule has 100 valence electrons. The van der Waals surface area contributed by atoms with Crippen molar-refractivity contribution in [2.45, 2.75) is 19.1 Å². The molecule has 0 bridgehead atoms. The summed E-state index contributed by atoms with van der Waals surface area (Å²) in [4.78, 5) is 32.0. The van der Waals surface area contributed by atoms with E-state index in [1.807, 2.05) is 0 Å². The highest BCUT2D eigenvalue weighted by Crippen LogP contribution is 2.21. The first kappa shape index (κ1) is 13.7. The zero-order valence-electron chi connectivity index (χ0n) is 9.80. The average molecular weight is 260 g/mol. The third-order valence-corrected chi connectivity index (χ3v) is 2.24. The summed E-state index contributed by atoms with van der Waals surface area (Å²) in [5.41, 5.74) is -0.616. The summed E-state index contributed by atoms with van der Waals surface area (Å²) in [6, 6.07) is 0. The van der Waals surface area contributed by atoms with E-state index >= 15 is 0 Å². The third kappa shape index (κ3) is 3.09. The average Bonchev–Trinajstić information content (AvgIpc) is 2.76. The molecule has 0 amide bonds. The molecule has 0 aromatic carbocycles. The Labute approximate surface area is 102 Å². The third-order valence-electron chi connectivity index (χ3n) is 2.24. The molecule has 1 N–H and O–H groups in total. The van der Waals surface area contributed by atoms with Crippen LogP contribution in [0.1, 0.15) is 12.8 Å². The summed E-state index contributed by atoms with van der Waals surface area (Å²) in [5, 5.41) is 13.3. The van der Waals surface area contributed by atoms with Gasteiger partial charge in [0.1, 0.15) is 5.70 Å². The molecule has 1 atom stereocenters. The van der Waals surface area contributed by atoms with Gasteiger partial charge in [0.15, 0.2) is 6.23 Å². The second-order valence-corrected chi connectivity index (χ2v) is 3.32. The lowest BCUT2D eigenvalue weighted by Gasteiger charge is -2.10. The molecule has 9 nitrogen and oxygen atoms in total. The minimum atomic E-state index is -1.05. The fourth-order valence-electron chi connectivity index (χ4n) is 1.46. The van der Waals surface area contributed by atoms with Crippen molar-refractivity contribution < 1.29 is 28.7 Å². The van der Waals surface area contributed by atoms with Gasteiger partial charge in [0, 0.05) is 6.42 Å². The molecule has 0 aliphatic carbocycles. The van der Waals surface area contributed by atoms with E-state index in [1.54, 1.807) is 0 Å². The Hall–Kier alpha value is -2.32. The maximum absolute atomic E-state index is 11.2. The van der Waals surface area contributed by atoms with E-state index < -0.39 is 29.0 Å². The second-order valence-electron chi connectivity index (χ2n) is 3.32. The Kier molecular flexibility index (Phi) is 4.46. The van der Waals surface area contributed by atoms with Crippen molar-refractivity contribution in [3.05, 3.63) is 21.5 Å². The number of nitro groups is 1. The number of nitrogens with one attached hydrogen (secondary N) is 1. The molecular weight excluding hydrogens is 248 g/mol. The Balaban J connectivity index is 2.81. The number of ether oxygens (including phenoxy) is 3. The number of nitrogens with zero attached hydrogens (tertiary/aromatic N) is 1. The van der Waals surface area contributed by atoms with Crippen molar-refractivity contribution in [2.75, 3.05) is 14.2 Å². The fourth-order valence-corrected chi connectivity index (χ4v) is 1.46. The smallest absolute Gasteiger partial charge is 0.461 e. The Bertz CT molecular complexity index is 404. The van der Waals surface area contributed by atoms with E-state index in [0.717, 1.165) is 14.2 Å². The van der Waals surface area contributed by atoms with Crippen LogP contribution in [-0.4, -0.2) is 37.5 Å². The Morgan fingerprint density at radius 1 is 1.39 bits per heavy atom. The van der Waals surface area contributed by atoms with Gasteiger partial charge in [-0.3, -0.25) is 10.1 Å². The van der Waals surface area contributed by atoms with E-state index in [1.165, 1.54) is 0 Å². The molecular formula is C9H12N2O7. The molecule has 1 unspecified atom stereocenters. The van der Waals surface area contributed by atoms with E-state index in [-0.39, 0.29) is 12.1 Å².